The van der Waals surface area contributed by atoms with Crippen molar-refractivity contribution in [3.63, 3.8) is 0 Å². The molecular formula is C20H29ClN2. The Morgan fingerprint density at radius 3 is 2.57 bits per heavy atom. The molecule has 1 aromatic heterocycles. The van der Waals surface area contributed by atoms with E-state index < -0.39 is 0 Å². The molecule has 0 radical (unpaired) electrons. The highest BCUT2D eigenvalue weighted by atomic mass is 35.5. The van der Waals surface area contributed by atoms with Gasteiger partial charge in [-0.1, -0.05) is 44.9 Å². The lowest BCUT2D eigenvalue weighted by atomic mass is 9.76. The van der Waals surface area contributed by atoms with Crippen LogP contribution in [-0.2, 0) is 6.54 Å². The van der Waals surface area contributed by atoms with Crippen LogP contribution >= 0.6 is 12.4 Å². The second kappa shape index (κ2) is 6.14. The van der Waals surface area contributed by atoms with Gasteiger partial charge < -0.3 is 9.88 Å². The Kier molecular flexibility index (Phi) is 4.50. The molecule has 1 unspecified atom stereocenters. The Bertz CT molecular complexity index is 695. The summed E-state index contributed by atoms with van der Waals surface area (Å²) in [4.78, 5) is 0. The Hall–Kier alpha value is -0.990. The zero-order chi connectivity index (χ0) is 15.3. The van der Waals surface area contributed by atoms with E-state index in [0.29, 0.717) is 17.5 Å². The van der Waals surface area contributed by atoms with Crippen LogP contribution in [0.2, 0.25) is 0 Å². The molecule has 2 heterocycles. The molecule has 2 nitrogen and oxygen atoms in total. The van der Waals surface area contributed by atoms with Crippen molar-refractivity contribution in [3.8, 4) is 0 Å². The molecule has 1 fully saturated rings. The second-order valence-electron chi connectivity index (χ2n) is 8.00. The van der Waals surface area contributed by atoms with Crippen LogP contribution in [0.3, 0.4) is 0 Å². The molecule has 0 amide bonds. The number of hydrogen-bond acceptors (Lipinski definition) is 1. The van der Waals surface area contributed by atoms with Crippen molar-refractivity contribution in [2.45, 2.75) is 71.5 Å². The van der Waals surface area contributed by atoms with Crippen molar-refractivity contribution in [1.29, 1.82) is 0 Å². The minimum Gasteiger partial charge on any atom is -0.343 e. The molecular weight excluding hydrogens is 304 g/mol. The summed E-state index contributed by atoms with van der Waals surface area (Å²) in [5.41, 5.74) is 4.78. The van der Waals surface area contributed by atoms with Crippen molar-refractivity contribution in [2.75, 3.05) is 0 Å². The Balaban J connectivity index is 0.00000156. The number of nitrogens with zero attached hydrogens (tertiary/aromatic N) is 1. The first-order valence-electron chi connectivity index (χ1n) is 8.92. The zero-order valence-corrected chi connectivity index (χ0v) is 15.4. The van der Waals surface area contributed by atoms with Gasteiger partial charge in [-0.25, -0.2) is 0 Å². The van der Waals surface area contributed by atoms with Crippen molar-refractivity contribution in [1.82, 2.24) is 9.88 Å². The SMILES string of the molecule is Cc1c2n(c3ccccc13)CCC(C)(C)C2NC1CCCC1.Cl. The number of aryl methyl sites for hydroxylation is 2. The fraction of sp³-hybridized carbons (Fsp3) is 0.600. The van der Waals surface area contributed by atoms with Crippen molar-refractivity contribution in [3.05, 3.63) is 35.5 Å². The van der Waals surface area contributed by atoms with Gasteiger partial charge in [0.05, 0.1) is 6.04 Å². The minimum absolute atomic E-state index is 0. The molecule has 0 spiro atoms. The highest BCUT2D eigenvalue weighted by Gasteiger charge is 2.39. The van der Waals surface area contributed by atoms with E-state index in [1.165, 1.54) is 48.6 Å². The van der Waals surface area contributed by atoms with E-state index in [1.54, 1.807) is 5.69 Å². The lowest BCUT2D eigenvalue weighted by Crippen LogP contribution is -2.43. The van der Waals surface area contributed by atoms with E-state index in [1.807, 2.05) is 0 Å². The number of benzene rings is 1. The average molecular weight is 333 g/mol. The predicted molar refractivity (Wildman–Crippen MR) is 100 cm³/mol. The maximum absolute atomic E-state index is 4.05. The van der Waals surface area contributed by atoms with Gasteiger partial charge in [0.25, 0.3) is 0 Å². The van der Waals surface area contributed by atoms with Crippen LogP contribution in [0.4, 0.5) is 0 Å². The molecule has 126 valence electrons. The normalized spacial score (nSPS) is 23.7. The highest BCUT2D eigenvalue weighted by Crippen LogP contribution is 2.46. The summed E-state index contributed by atoms with van der Waals surface area (Å²) in [5.74, 6) is 0. The van der Waals surface area contributed by atoms with Crippen LogP contribution in [-0.4, -0.2) is 10.6 Å². The van der Waals surface area contributed by atoms with Crippen LogP contribution in [0.1, 0.15) is 63.3 Å². The summed E-state index contributed by atoms with van der Waals surface area (Å²) in [6.07, 6.45) is 6.75. The quantitative estimate of drug-likeness (QED) is 0.781. The number of rotatable bonds is 2. The van der Waals surface area contributed by atoms with Crippen molar-refractivity contribution in [2.24, 2.45) is 5.41 Å². The number of nitrogens with one attached hydrogen (secondary N) is 1. The molecule has 1 N–H and O–H groups in total. The van der Waals surface area contributed by atoms with E-state index in [-0.39, 0.29) is 12.4 Å². The topological polar surface area (TPSA) is 17.0 Å². The number of halogens is 1. The number of fused-ring (bicyclic) bond motifs is 3. The summed E-state index contributed by atoms with van der Waals surface area (Å²) in [6, 6.07) is 10.1. The molecule has 1 aliphatic heterocycles. The first-order valence-corrected chi connectivity index (χ1v) is 8.92. The lowest BCUT2D eigenvalue weighted by molar-refractivity contribution is 0.165. The van der Waals surface area contributed by atoms with Gasteiger partial charge in [-0.2, -0.15) is 0 Å². The summed E-state index contributed by atoms with van der Waals surface area (Å²) < 4.78 is 2.59. The van der Waals surface area contributed by atoms with Crippen LogP contribution < -0.4 is 5.32 Å². The molecule has 3 heteroatoms. The lowest BCUT2D eigenvalue weighted by Gasteiger charge is -2.42. The number of aromatic nitrogens is 1. The molecule has 0 saturated heterocycles. The summed E-state index contributed by atoms with van der Waals surface area (Å²) in [5, 5.41) is 5.48. The summed E-state index contributed by atoms with van der Waals surface area (Å²) in [7, 11) is 0. The number of para-hydroxylation sites is 1. The predicted octanol–water partition coefficient (Wildman–Crippen LogP) is 5.37. The third-order valence-corrected chi connectivity index (χ3v) is 6.07. The van der Waals surface area contributed by atoms with Crippen LogP contribution in [0.5, 0.6) is 0 Å². The zero-order valence-electron chi connectivity index (χ0n) is 14.6. The van der Waals surface area contributed by atoms with Gasteiger partial charge in [0.15, 0.2) is 0 Å². The molecule has 1 saturated carbocycles. The van der Waals surface area contributed by atoms with Gasteiger partial charge in [0, 0.05) is 29.2 Å². The van der Waals surface area contributed by atoms with Gasteiger partial charge in [0.2, 0.25) is 0 Å². The molecule has 2 aliphatic rings. The summed E-state index contributed by atoms with van der Waals surface area (Å²) >= 11 is 0. The first kappa shape index (κ1) is 16.9. The van der Waals surface area contributed by atoms with Crippen LogP contribution in [0, 0.1) is 12.3 Å². The highest BCUT2D eigenvalue weighted by molar-refractivity contribution is 5.86. The maximum Gasteiger partial charge on any atom is 0.0532 e. The fourth-order valence-electron chi connectivity index (χ4n) is 4.66. The summed E-state index contributed by atoms with van der Waals surface area (Å²) in [6.45, 7) is 8.36. The van der Waals surface area contributed by atoms with Crippen molar-refractivity contribution >= 4 is 23.3 Å². The third kappa shape index (κ3) is 2.70. The Labute approximate surface area is 146 Å². The molecule has 1 aromatic carbocycles. The fourth-order valence-corrected chi connectivity index (χ4v) is 4.66. The molecule has 0 bridgehead atoms. The standard InChI is InChI=1S/C20H28N2.ClH/c1-14-16-10-6-7-11-17(16)22-13-12-20(2,3)19(18(14)22)21-15-8-4-5-9-15;/h6-7,10-11,15,19,21H,4-5,8-9,12-13H2,1-3H3;1H. The third-order valence-electron chi connectivity index (χ3n) is 6.07. The van der Waals surface area contributed by atoms with Crippen LogP contribution in [0.25, 0.3) is 10.9 Å². The number of hydrogen-bond donors (Lipinski definition) is 1. The van der Waals surface area contributed by atoms with Crippen molar-refractivity contribution < 1.29 is 0 Å². The Morgan fingerprint density at radius 2 is 1.83 bits per heavy atom. The maximum atomic E-state index is 4.05. The first-order chi connectivity index (χ1) is 10.6. The van der Waals surface area contributed by atoms with E-state index >= 15 is 0 Å². The van der Waals surface area contributed by atoms with Gasteiger partial charge >= 0.3 is 0 Å². The molecule has 2 aromatic rings. The van der Waals surface area contributed by atoms with E-state index in [2.05, 4.69) is 54.9 Å². The largest absolute Gasteiger partial charge is 0.343 e. The molecule has 4 rings (SSSR count). The van der Waals surface area contributed by atoms with Gasteiger partial charge in [-0.05, 0) is 43.2 Å². The smallest absolute Gasteiger partial charge is 0.0532 e. The van der Waals surface area contributed by atoms with E-state index in [9.17, 15) is 0 Å². The monoisotopic (exact) mass is 332 g/mol. The second-order valence-corrected chi connectivity index (χ2v) is 8.00. The van der Waals surface area contributed by atoms with Gasteiger partial charge in [-0.15, -0.1) is 12.4 Å². The minimum atomic E-state index is 0. The molecule has 1 atom stereocenters. The van der Waals surface area contributed by atoms with Crippen LogP contribution in [0.15, 0.2) is 24.3 Å². The van der Waals surface area contributed by atoms with E-state index in [4.69, 9.17) is 0 Å². The van der Waals surface area contributed by atoms with Gasteiger partial charge in [0.1, 0.15) is 0 Å². The average Bonchev–Trinajstić information content (AvgIpc) is 3.10. The Morgan fingerprint density at radius 1 is 1.13 bits per heavy atom. The van der Waals surface area contributed by atoms with Gasteiger partial charge in [-0.3, -0.25) is 0 Å². The van der Waals surface area contributed by atoms with E-state index in [0.717, 1.165) is 6.54 Å². The molecule has 1 aliphatic carbocycles. The molecule has 23 heavy (non-hydrogen) atoms.